The summed E-state index contributed by atoms with van der Waals surface area (Å²) in [7, 11) is 0. The van der Waals surface area contributed by atoms with Crippen LogP contribution in [0.3, 0.4) is 0 Å². The molecular weight excluding hydrogens is 182 g/mol. The van der Waals surface area contributed by atoms with Gasteiger partial charge < -0.3 is 10.1 Å². The summed E-state index contributed by atoms with van der Waals surface area (Å²) < 4.78 is 4.86. The molecule has 0 bridgehead atoms. The van der Waals surface area contributed by atoms with Crippen LogP contribution in [0.2, 0.25) is 0 Å². The molecule has 0 aromatic carbocycles. The Balaban J connectivity index is 2.62. The van der Waals surface area contributed by atoms with Crippen molar-refractivity contribution in [2.75, 3.05) is 13.2 Å². The van der Waals surface area contributed by atoms with E-state index in [-0.39, 0.29) is 18.3 Å². The second-order valence-electron chi connectivity index (χ2n) is 3.62. The van der Waals surface area contributed by atoms with E-state index < -0.39 is 5.41 Å². The summed E-state index contributed by atoms with van der Waals surface area (Å²) in [5.41, 5.74) is -0.508. The van der Waals surface area contributed by atoms with Gasteiger partial charge in [0.2, 0.25) is 5.91 Å². The molecule has 1 amide bonds. The first-order valence-corrected chi connectivity index (χ1v) is 5.08. The summed E-state index contributed by atoms with van der Waals surface area (Å²) in [5.74, 6) is -0.278. The van der Waals surface area contributed by atoms with Gasteiger partial charge in [0.05, 0.1) is 18.4 Å². The van der Waals surface area contributed by atoms with Crippen molar-refractivity contribution in [3.8, 4) is 0 Å². The Morgan fingerprint density at radius 1 is 1.57 bits per heavy atom. The third kappa shape index (κ3) is 2.05. The average Bonchev–Trinajstić information content (AvgIpc) is 2.49. The van der Waals surface area contributed by atoms with Crippen LogP contribution in [0.5, 0.6) is 0 Å². The summed E-state index contributed by atoms with van der Waals surface area (Å²) in [4.78, 5) is 22.9. The van der Waals surface area contributed by atoms with Crippen molar-refractivity contribution in [1.82, 2.24) is 5.32 Å². The number of carbonyl (C=O) groups is 2. The number of rotatable bonds is 4. The molecule has 1 saturated heterocycles. The zero-order valence-corrected chi connectivity index (χ0v) is 8.76. The Labute approximate surface area is 84.0 Å². The molecule has 80 valence electrons. The molecule has 1 atom stereocenters. The van der Waals surface area contributed by atoms with E-state index in [2.05, 4.69) is 5.32 Å². The minimum absolute atomic E-state index is 0.00643. The number of hydrogen-bond acceptors (Lipinski definition) is 3. The summed E-state index contributed by atoms with van der Waals surface area (Å²) in [6.07, 6.45) is 1.64. The molecule has 1 N–H and O–H groups in total. The van der Waals surface area contributed by atoms with Crippen LogP contribution >= 0.6 is 0 Å². The van der Waals surface area contributed by atoms with Crippen molar-refractivity contribution in [3.05, 3.63) is 0 Å². The van der Waals surface area contributed by atoms with Gasteiger partial charge in [-0.15, -0.1) is 0 Å². The molecule has 4 nitrogen and oxygen atoms in total. The lowest BCUT2D eigenvalue weighted by Gasteiger charge is -2.22. The topological polar surface area (TPSA) is 55.4 Å². The molecule has 1 aliphatic rings. The molecule has 1 heterocycles. The Morgan fingerprint density at radius 3 is 2.71 bits per heavy atom. The zero-order chi connectivity index (χ0) is 10.6. The molecule has 1 unspecified atom stereocenters. The van der Waals surface area contributed by atoms with Gasteiger partial charge in [-0.25, -0.2) is 0 Å². The van der Waals surface area contributed by atoms with Gasteiger partial charge in [-0.3, -0.25) is 9.59 Å². The van der Waals surface area contributed by atoms with Gasteiger partial charge in [0, 0.05) is 6.54 Å². The lowest BCUT2D eigenvalue weighted by Crippen LogP contribution is -2.33. The third-order valence-electron chi connectivity index (χ3n) is 2.84. The maximum atomic E-state index is 11.5. The number of hydrogen-bond donors (Lipinski definition) is 1. The minimum Gasteiger partial charge on any atom is -0.466 e. The summed E-state index contributed by atoms with van der Waals surface area (Å²) in [5, 5.41) is 2.76. The summed E-state index contributed by atoms with van der Waals surface area (Å²) in [6.45, 7) is 4.75. The van der Waals surface area contributed by atoms with Gasteiger partial charge in [-0.05, 0) is 19.8 Å². The van der Waals surface area contributed by atoms with E-state index in [1.54, 1.807) is 6.92 Å². The van der Waals surface area contributed by atoms with E-state index in [1.807, 2.05) is 6.92 Å². The van der Waals surface area contributed by atoms with Gasteiger partial charge in [-0.1, -0.05) is 6.92 Å². The zero-order valence-electron chi connectivity index (χ0n) is 8.76. The molecule has 0 spiro atoms. The monoisotopic (exact) mass is 199 g/mol. The van der Waals surface area contributed by atoms with Gasteiger partial charge in [0.1, 0.15) is 0 Å². The first kappa shape index (κ1) is 11.0. The van der Waals surface area contributed by atoms with Gasteiger partial charge in [0.25, 0.3) is 0 Å². The maximum absolute atomic E-state index is 11.5. The largest absolute Gasteiger partial charge is 0.466 e. The molecule has 4 heteroatoms. The normalized spacial score (nSPS) is 26.0. The van der Waals surface area contributed by atoms with Crippen molar-refractivity contribution >= 4 is 11.9 Å². The molecule has 0 aliphatic carbocycles. The fourth-order valence-electron chi connectivity index (χ4n) is 1.84. The third-order valence-corrected chi connectivity index (χ3v) is 2.84. The first-order valence-electron chi connectivity index (χ1n) is 5.08. The van der Waals surface area contributed by atoms with Gasteiger partial charge in [0.15, 0.2) is 0 Å². The molecule has 0 aromatic heterocycles. The highest BCUT2D eigenvalue weighted by Crippen LogP contribution is 2.34. The van der Waals surface area contributed by atoms with Crippen molar-refractivity contribution < 1.29 is 14.3 Å². The Hall–Kier alpha value is -1.06. The second-order valence-corrected chi connectivity index (χ2v) is 3.62. The van der Waals surface area contributed by atoms with E-state index in [1.165, 1.54) is 0 Å². The predicted molar refractivity (Wildman–Crippen MR) is 51.6 cm³/mol. The predicted octanol–water partition coefficient (Wildman–Crippen LogP) is 0.856. The van der Waals surface area contributed by atoms with Crippen molar-refractivity contribution in [3.63, 3.8) is 0 Å². The molecule has 1 aliphatic heterocycles. The molecular formula is C10H17NO3. The van der Waals surface area contributed by atoms with E-state index in [0.717, 1.165) is 6.42 Å². The van der Waals surface area contributed by atoms with Crippen LogP contribution in [-0.4, -0.2) is 25.0 Å². The summed E-state index contributed by atoms with van der Waals surface area (Å²) in [6, 6.07) is 0. The quantitative estimate of drug-likeness (QED) is 0.683. The molecule has 0 radical (unpaired) electrons. The fourth-order valence-corrected chi connectivity index (χ4v) is 1.84. The Bertz CT molecular complexity index is 240. The maximum Gasteiger partial charge on any atom is 0.306 e. The average molecular weight is 199 g/mol. The van der Waals surface area contributed by atoms with Crippen LogP contribution in [0, 0.1) is 5.41 Å². The lowest BCUT2D eigenvalue weighted by atomic mass is 9.80. The number of nitrogens with one attached hydrogen (secondary N) is 1. The van der Waals surface area contributed by atoms with Crippen LogP contribution in [0.1, 0.15) is 33.1 Å². The fraction of sp³-hybridized carbons (Fsp3) is 0.800. The van der Waals surface area contributed by atoms with E-state index >= 15 is 0 Å². The molecule has 0 aromatic rings. The van der Waals surface area contributed by atoms with Crippen molar-refractivity contribution in [1.29, 1.82) is 0 Å². The van der Waals surface area contributed by atoms with Crippen LogP contribution in [-0.2, 0) is 14.3 Å². The van der Waals surface area contributed by atoms with E-state index in [0.29, 0.717) is 19.6 Å². The smallest absolute Gasteiger partial charge is 0.306 e. The van der Waals surface area contributed by atoms with Crippen LogP contribution < -0.4 is 5.32 Å². The van der Waals surface area contributed by atoms with Gasteiger partial charge >= 0.3 is 5.97 Å². The number of carbonyl (C=O) groups excluding carboxylic acids is 2. The Kier molecular flexibility index (Phi) is 3.49. The van der Waals surface area contributed by atoms with Crippen LogP contribution in [0.4, 0.5) is 0 Å². The Morgan fingerprint density at radius 2 is 2.29 bits per heavy atom. The molecule has 1 rings (SSSR count). The van der Waals surface area contributed by atoms with E-state index in [9.17, 15) is 9.59 Å². The molecule has 1 fully saturated rings. The number of amides is 1. The summed E-state index contributed by atoms with van der Waals surface area (Å²) >= 11 is 0. The number of ether oxygens (including phenoxy) is 1. The SMILES string of the molecule is CCOC(=O)CC1(CC)CCNC1=O. The lowest BCUT2D eigenvalue weighted by molar-refractivity contribution is -0.149. The number of esters is 1. The van der Waals surface area contributed by atoms with Crippen LogP contribution in [0.25, 0.3) is 0 Å². The standard InChI is InChI=1S/C10H17NO3/c1-3-10(5-6-11-9(10)13)7-8(12)14-4-2/h3-7H2,1-2H3,(H,11,13). The highest BCUT2D eigenvalue weighted by molar-refractivity contribution is 5.88. The van der Waals surface area contributed by atoms with Gasteiger partial charge in [-0.2, -0.15) is 0 Å². The van der Waals surface area contributed by atoms with Crippen LogP contribution in [0.15, 0.2) is 0 Å². The molecule has 14 heavy (non-hydrogen) atoms. The molecule has 0 saturated carbocycles. The van der Waals surface area contributed by atoms with Crippen molar-refractivity contribution in [2.24, 2.45) is 5.41 Å². The highest BCUT2D eigenvalue weighted by Gasteiger charge is 2.42. The van der Waals surface area contributed by atoms with E-state index in [4.69, 9.17) is 4.74 Å². The van der Waals surface area contributed by atoms with Crippen molar-refractivity contribution in [2.45, 2.75) is 33.1 Å². The minimum atomic E-state index is -0.508. The highest BCUT2D eigenvalue weighted by atomic mass is 16.5. The second kappa shape index (κ2) is 4.44. The first-order chi connectivity index (χ1) is 6.64.